The Labute approximate surface area is 89.1 Å². The summed E-state index contributed by atoms with van der Waals surface area (Å²) in [5.74, 6) is -0.296. The number of ether oxygens (including phenoxy) is 1. The number of hydrogen-bond donors (Lipinski definition) is 0. The van der Waals surface area contributed by atoms with E-state index < -0.39 is 0 Å². The highest BCUT2D eigenvalue weighted by molar-refractivity contribution is 5.95. The fourth-order valence-electron chi connectivity index (χ4n) is 1.23. The molecule has 1 atom stereocenters. The van der Waals surface area contributed by atoms with Crippen LogP contribution in [0.3, 0.4) is 0 Å². The summed E-state index contributed by atoms with van der Waals surface area (Å²) in [5, 5.41) is 0. The molecule has 0 saturated carbocycles. The smallest absolute Gasteiger partial charge is 0.162 e. The molecule has 1 rings (SSSR count). The van der Waals surface area contributed by atoms with Gasteiger partial charge in [0.25, 0.3) is 0 Å². The fraction of sp³-hybridized carbons (Fsp3) is 0.417. The summed E-state index contributed by atoms with van der Waals surface area (Å²) in [6.45, 7) is 1.91. The van der Waals surface area contributed by atoms with Crippen molar-refractivity contribution in [3.8, 4) is 0 Å². The molecule has 1 aromatic rings. The maximum absolute atomic E-state index is 12.6. The summed E-state index contributed by atoms with van der Waals surface area (Å²) in [6.07, 6.45) is 1.20. The zero-order valence-electron chi connectivity index (χ0n) is 9.00. The molecule has 0 aliphatic carbocycles. The Morgan fingerprint density at radius 3 is 2.53 bits per heavy atom. The average Bonchev–Trinajstić information content (AvgIpc) is 2.26. The van der Waals surface area contributed by atoms with Crippen molar-refractivity contribution in [1.29, 1.82) is 0 Å². The summed E-state index contributed by atoms with van der Waals surface area (Å²) < 4.78 is 17.6. The van der Waals surface area contributed by atoms with Crippen LogP contribution < -0.4 is 0 Å². The number of ketones is 1. The van der Waals surface area contributed by atoms with Crippen molar-refractivity contribution in [1.82, 2.24) is 0 Å². The van der Waals surface area contributed by atoms with Gasteiger partial charge in [-0.1, -0.05) is 0 Å². The van der Waals surface area contributed by atoms with Gasteiger partial charge in [-0.3, -0.25) is 4.79 Å². The number of halogens is 1. The molecular formula is C12H15FO2. The Balaban J connectivity index is 2.50. The molecule has 0 fully saturated rings. The molecule has 15 heavy (non-hydrogen) atoms. The second kappa shape index (κ2) is 5.61. The van der Waals surface area contributed by atoms with E-state index in [-0.39, 0.29) is 17.7 Å². The lowest BCUT2D eigenvalue weighted by Crippen LogP contribution is -2.08. The van der Waals surface area contributed by atoms with Crippen molar-refractivity contribution in [3.63, 3.8) is 0 Å². The molecule has 0 amide bonds. The maximum Gasteiger partial charge on any atom is 0.162 e. The molecule has 0 aliphatic rings. The number of hydrogen-bond acceptors (Lipinski definition) is 2. The molecule has 3 heteroatoms. The van der Waals surface area contributed by atoms with Crippen molar-refractivity contribution in [2.24, 2.45) is 0 Å². The van der Waals surface area contributed by atoms with Gasteiger partial charge in [0.2, 0.25) is 0 Å². The average molecular weight is 210 g/mol. The molecule has 0 spiro atoms. The topological polar surface area (TPSA) is 26.3 Å². The van der Waals surface area contributed by atoms with Crippen LogP contribution in [0.15, 0.2) is 24.3 Å². The van der Waals surface area contributed by atoms with E-state index >= 15 is 0 Å². The van der Waals surface area contributed by atoms with Crippen LogP contribution in [0.4, 0.5) is 4.39 Å². The van der Waals surface area contributed by atoms with Crippen molar-refractivity contribution in [3.05, 3.63) is 35.6 Å². The van der Waals surface area contributed by atoms with Gasteiger partial charge >= 0.3 is 0 Å². The van der Waals surface area contributed by atoms with Crippen molar-refractivity contribution < 1.29 is 13.9 Å². The number of methoxy groups -OCH3 is 1. The van der Waals surface area contributed by atoms with E-state index in [0.29, 0.717) is 18.4 Å². The minimum Gasteiger partial charge on any atom is -0.382 e. The number of rotatable bonds is 5. The minimum absolute atomic E-state index is 0.0268. The van der Waals surface area contributed by atoms with Crippen molar-refractivity contribution in [2.75, 3.05) is 7.11 Å². The standard InChI is InChI=1S/C12H15FO2/c1-9(15-2)3-8-12(14)10-4-6-11(13)7-5-10/h4-7,9H,3,8H2,1-2H3. The summed E-state index contributed by atoms with van der Waals surface area (Å²) in [4.78, 5) is 11.6. The first kappa shape index (κ1) is 11.9. The maximum atomic E-state index is 12.6. The lowest BCUT2D eigenvalue weighted by atomic mass is 10.1. The molecule has 0 saturated heterocycles. The second-order valence-corrected chi connectivity index (χ2v) is 3.52. The molecule has 0 N–H and O–H groups in total. The molecule has 0 aliphatic heterocycles. The predicted octanol–water partition coefficient (Wildman–Crippen LogP) is 2.82. The van der Waals surface area contributed by atoms with Gasteiger partial charge in [0.1, 0.15) is 5.82 Å². The SMILES string of the molecule is COC(C)CCC(=O)c1ccc(F)cc1. The lowest BCUT2D eigenvalue weighted by Gasteiger charge is -2.07. The Hall–Kier alpha value is -1.22. The first-order chi connectivity index (χ1) is 7.13. The second-order valence-electron chi connectivity index (χ2n) is 3.52. The molecule has 1 unspecified atom stereocenters. The van der Waals surface area contributed by atoms with E-state index in [1.54, 1.807) is 7.11 Å². The molecular weight excluding hydrogens is 195 g/mol. The van der Waals surface area contributed by atoms with E-state index in [4.69, 9.17) is 4.74 Å². The monoisotopic (exact) mass is 210 g/mol. The molecule has 1 aromatic carbocycles. The van der Waals surface area contributed by atoms with Gasteiger partial charge < -0.3 is 4.74 Å². The van der Waals surface area contributed by atoms with Crippen LogP contribution in [-0.2, 0) is 4.74 Å². The largest absolute Gasteiger partial charge is 0.382 e. The normalized spacial score (nSPS) is 12.5. The van der Waals surface area contributed by atoms with Crippen molar-refractivity contribution in [2.45, 2.75) is 25.9 Å². The van der Waals surface area contributed by atoms with E-state index in [9.17, 15) is 9.18 Å². The lowest BCUT2D eigenvalue weighted by molar-refractivity contribution is 0.0878. The zero-order valence-corrected chi connectivity index (χ0v) is 9.00. The Morgan fingerprint density at radius 2 is 2.00 bits per heavy atom. The highest BCUT2D eigenvalue weighted by Crippen LogP contribution is 2.09. The molecule has 0 bridgehead atoms. The quantitative estimate of drug-likeness (QED) is 0.698. The summed E-state index contributed by atoms with van der Waals surface area (Å²) in [7, 11) is 1.62. The van der Waals surface area contributed by atoms with E-state index in [1.165, 1.54) is 24.3 Å². The third kappa shape index (κ3) is 3.80. The number of Topliss-reactive ketones (excluding diaryl/α,β-unsaturated/α-hetero) is 1. The van der Waals surface area contributed by atoms with Gasteiger partial charge in [0.05, 0.1) is 6.10 Å². The van der Waals surface area contributed by atoms with Crippen LogP contribution in [0, 0.1) is 5.82 Å². The van der Waals surface area contributed by atoms with Gasteiger partial charge in [-0.05, 0) is 37.6 Å². The number of benzene rings is 1. The summed E-state index contributed by atoms with van der Waals surface area (Å²) >= 11 is 0. The molecule has 0 aromatic heterocycles. The summed E-state index contributed by atoms with van der Waals surface area (Å²) in [6, 6.07) is 5.62. The first-order valence-corrected chi connectivity index (χ1v) is 4.95. The zero-order chi connectivity index (χ0) is 11.3. The van der Waals surface area contributed by atoms with Gasteiger partial charge in [0, 0.05) is 19.1 Å². The van der Waals surface area contributed by atoms with Crippen LogP contribution in [0.5, 0.6) is 0 Å². The van der Waals surface area contributed by atoms with Gasteiger partial charge in [-0.15, -0.1) is 0 Å². The van der Waals surface area contributed by atoms with Crippen LogP contribution >= 0.6 is 0 Å². The highest BCUT2D eigenvalue weighted by Gasteiger charge is 2.08. The molecule has 2 nitrogen and oxygen atoms in total. The van der Waals surface area contributed by atoms with E-state index in [0.717, 1.165) is 0 Å². The van der Waals surface area contributed by atoms with Gasteiger partial charge in [0.15, 0.2) is 5.78 Å². The molecule has 0 heterocycles. The highest BCUT2D eigenvalue weighted by atomic mass is 19.1. The first-order valence-electron chi connectivity index (χ1n) is 4.95. The molecule has 0 radical (unpaired) electrons. The van der Waals surface area contributed by atoms with Crippen molar-refractivity contribution >= 4 is 5.78 Å². The Bertz CT molecular complexity index is 319. The van der Waals surface area contributed by atoms with Gasteiger partial charge in [-0.2, -0.15) is 0 Å². The fourth-order valence-corrected chi connectivity index (χ4v) is 1.23. The van der Waals surface area contributed by atoms with Crippen LogP contribution in [-0.4, -0.2) is 19.0 Å². The number of carbonyl (C=O) groups is 1. The molecule has 82 valence electrons. The summed E-state index contributed by atoms with van der Waals surface area (Å²) in [5.41, 5.74) is 0.555. The van der Waals surface area contributed by atoms with Gasteiger partial charge in [-0.25, -0.2) is 4.39 Å². The minimum atomic E-state index is -0.322. The van der Waals surface area contributed by atoms with Crippen LogP contribution in [0.25, 0.3) is 0 Å². The van der Waals surface area contributed by atoms with Crippen LogP contribution in [0.1, 0.15) is 30.1 Å². The predicted molar refractivity (Wildman–Crippen MR) is 56.4 cm³/mol. The third-order valence-electron chi connectivity index (χ3n) is 2.35. The Morgan fingerprint density at radius 1 is 1.40 bits per heavy atom. The van der Waals surface area contributed by atoms with Crippen LogP contribution in [0.2, 0.25) is 0 Å². The van der Waals surface area contributed by atoms with E-state index in [2.05, 4.69) is 0 Å². The Kier molecular flexibility index (Phi) is 4.43. The third-order valence-corrected chi connectivity index (χ3v) is 2.35. The van der Waals surface area contributed by atoms with E-state index in [1.807, 2.05) is 6.92 Å². The number of carbonyl (C=O) groups excluding carboxylic acids is 1.